The zero-order valence-electron chi connectivity index (χ0n) is 9.34. The van der Waals surface area contributed by atoms with Gasteiger partial charge in [0.15, 0.2) is 0 Å². The molecule has 0 saturated carbocycles. The summed E-state index contributed by atoms with van der Waals surface area (Å²) in [6.07, 6.45) is 1.93. The Hall–Kier alpha value is -1.16. The van der Waals surface area contributed by atoms with Crippen molar-refractivity contribution >= 4 is 5.69 Å². The second-order valence-corrected chi connectivity index (χ2v) is 4.35. The van der Waals surface area contributed by atoms with Crippen molar-refractivity contribution < 1.29 is 8.78 Å². The molecule has 1 aromatic rings. The number of rotatable bonds is 2. The van der Waals surface area contributed by atoms with E-state index in [0.717, 1.165) is 38.1 Å². The van der Waals surface area contributed by atoms with Gasteiger partial charge in [0.05, 0.1) is 5.69 Å². The molecule has 1 N–H and O–H groups in total. The highest BCUT2D eigenvalue weighted by Crippen LogP contribution is 2.19. The maximum absolute atomic E-state index is 13.4. The molecule has 0 radical (unpaired) electrons. The van der Waals surface area contributed by atoms with Crippen molar-refractivity contribution in [2.45, 2.75) is 18.9 Å². The number of benzene rings is 1. The lowest BCUT2D eigenvalue weighted by Crippen LogP contribution is -2.36. The molecule has 16 heavy (non-hydrogen) atoms. The number of piperidine rings is 1. The van der Waals surface area contributed by atoms with Gasteiger partial charge < -0.3 is 10.2 Å². The Morgan fingerprint density at radius 1 is 1.25 bits per heavy atom. The van der Waals surface area contributed by atoms with E-state index in [1.165, 1.54) is 6.07 Å². The highest BCUT2D eigenvalue weighted by molar-refractivity contribution is 5.45. The number of anilines is 1. The van der Waals surface area contributed by atoms with E-state index in [1.807, 2.05) is 0 Å². The van der Waals surface area contributed by atoms with Crippen LogP contribution in [0.25, 0.3) is 0 Å². The predicted octanol–water partition coefficient (Wildman–Crippen LogP) is 2.47. The standard InChI is InChI=1S/C12H16F2N2/c1-16-6-4-10(5-7-16)15-12-8-9(13)2-3-11(12)14/h2-3,8,10,15H,4-7H2,1H3. The molecule has 4 heteroatoms. The van der Waals surface area contributed by atoms with Gasteiger partial charge in [0.25, 0.3) is 0 Å². The zero-order chi connectivity index (χ0) is 11.5. The lowest BCUT2D eigenvalue weighted by atomic mass is 10.1. The molecule has 0 amide bonds. The molecule has 1 aromatic carbocycles. The molecule has 2 rings (SSSR count). The number of hydrogen-bond donors (Lipinski definition) is 1. The molecule has 0 aromatic heterocycles. The molecule has 0 unspecified atom stereocenters. The van der Waals surface area contributed by atoms with Gasteiger partial charge >= 0.3 is 0 Å². The smallest absolute Gasteiger partial charge is 0.146 e. The van der Waals surface area contributed by atoms with Crippen LogP contribution in [0.2, 0.25) is 0 Å². The van der Waals surface area contributed by atoms with Gasteiger partial charge in [-0.2, -0.15) is 0 Å². The first-order valence-corrected chi connectivity index (χ1v) is 5.55. The summed E-state index contributed by atoms with van der Waals surface area (Å²) in [6.45, 7) is 1.99. The summed E-state index contributed by atoms with van der Waals surface area (Å²) < 4.78 is 26.3. The Balaban J connectivity index is 2.00. The van der Waals surface area contributed by atoms with Crippen LogP contribution in [0.4, 0.5) is 14.5 Å². The van der Waals surface area contributed by atoms with Crippen LogP contribution in [0.15, 0.2) is 18.2 Å². The normalized spacial score (nSPS) is 18.7. The maximum Gasteiger partial charge on any atom is 0.146 e. The summed E-state index contributed by atoms with van der Waals surface area (Å²) in [6, 6.07) is 3.75. The third kappa shape index (κ3) is 2.70. The van der Waals surface area contributed by atoms with E-state index in [-0.39, 0.29) is 17.5 Å². The first-order valence-electron chi connectivity index (χ1n) is 5.55. The second-order valence-electron chi connectivity index (χ2n) is 4.35. The number of nitrogens with zero attached hydrogens (tertiary/aromatic N) is 1. The van der Waals surface area contributed by atoms with Crippen LogP contribution >= 0.6 is 0 Å². The van der Waals surface area contributed by atoms with E-state index in [9.17, 15) is 8.78 Å². The molecule has 88 valence electrons. The second kappa shape index (κ2) is 4.78. The fourth-order valence-electron chi connectivity index (χ4n) is 1.98. The minimum atomic E-state index is -0.406. The molecule has 1 saturated heterocycles. The summed E-state index contributed by atoms with van der Waals surface area (Å²) in [4.78, 5) is 2.24. The topological polar surface area (TPSA) is 15.3 Å². The lowest BCUT2D eigenvalue weighted by molar-refractivity contribution is 0.263. The Morgan fingerprint density at radius 2 is 1.94 bits per heavy atom. The summed E-state index contributed by atoms with van der Waals surface area (Å²) >= 11 is 0. The SMILES string of the molecule is CN1CCC(Nc2cc(F)ccc2F)CC1. The molecule has 1 aliphatic rings. The van der Waals surface area contributed by atoms with Gasteiger partial charge in [0.1, 0.15) is 11.6 Å². The summed E-state index contributed by atoms with van der Waals surface area (Å²) in [5.74, 6) is -0.794. The van der Waals surface area contributed by atoms with Crippen molar-refractivity contribution in [3.63, 3.8) is 0 Å². The van der Waals surface area contributed by atoms with E-state index in [2.05, 4.69) is 17.3 Å². The van der Waals surface area contributed by atoms with Crippen LogP contribution in [0.5, 0.6) is 0 Å². The van der Waals surface area contributed by atoms with E-state index in [4.69, 9.17) is 0 Å². The van der Waals surface area contributed by atoms with Crippen molar-refractivity contribution in [3.05, 3.63) is 29.8 Å². The monoisotopic (exact) mass is 226 g/mol. The van der Waals surface area contributed by atoms with Crippen molar-refractivity contribution in [1.82, 2.24) is 4.90 Å². The van der Waals surface area contributed by atoms with Gasteiger partial charge in [-0.1, -0.05) is 0 Å². The minimum absolute atomic E-state index is 0.243. The van der Waals surface area contributed by atoms with Gasteiger partial charge in [-0.15, -0.1) is 0 Å². The largest absolute Gasteiger partial charge is 0.380 e. The lowest BCUT2D eigenvalue weighted by Gasteiger charge is -2.30. The quantitative estimate of drug-likeness (QED) is 0.833. The van der Waals surface area contributed by atoms with Gasteiger partial charge in [-0.05, 0) is 51.2 Å². The van der Waals surface area contributed by atoms with E-state index in [1.54, 1.807) is 0 Å². The summed E-state index contributed by atoms with van der Waals surface area (Å²) in [5.41, 5.74) is 0.273. The molecule has 0 aliphatic carbocycles. The van der Waals surface area contributed by atoms with Crippen LogP contribution in [0.1, 0.15) is 12.8 Å². The van der Waals surface area contributed by atoms with Crippen LogP contribution in [-0.4, -0.2) is 31.1 Å². The molecule has 0 spiro atoms. The molecule has 1 aliphatic heterocycles. The van der Waals surface area contributed by atoms with E-state index in [0.29, 0.717) is 0 Å². The fourth-order valence-corrected chi connectivity index (χ4v) is 1.98. The van der Waals surface area contributed by atoms with Crippen LogP contribution in [0.3, 0.4) is 0 Å². The number of hydrogen-bond acceptors (Lipinski definition) is 2. The predicted molar refractivity (Wildman–Crippen MR) is 60.5 cm³/mol. The molecular formula is C12H16F2N2. The van der Waals surface area contributed by atoms with Crippen molar-refractivity contribution in [2.24, 2.45) is 0 Å². The maximum atomic E-state index is 13.4. The van der Waals surface area contributed by atoms with Gasteiger partial charge in [0.2, 0.25) is 0 Å². The van der Waals surface area contributed by atoms with Crippen LogP contribution < -0.4 is 5.32 Å². The average molecular weight is 226 g/mol. The van der Waals surface area contributed by atoms with Crippen LogP contribution in [-0.2, 0) is 0 Å². The molecule has 0 atom stereocenters. The molecule has 1 fully saturated rings. The van der Waals surface area contributed by atoms with Crippen molar-refractivity contribution in [2.75, 3.05) is 25.5 Å². The molecule has 2 nitrogen and oxygen atoms in total. The summed E-state index contributed by atoms with van der Waals surface area (Å²) in [5, 5.41) is 3.07. The summed E-state index contributed by atoms with van der Waals surface area (Å²) in [7, 11) is 2.07. The highest BCUT2D eigenvalue weighted by atomic mass is 19.1. The van der Waals surface area contributed by atoms with E-state index >= 15 is 0 Å². The average Bonchev–Trinajstić information content (AvgIpc) is 2.27. The van der Waals surface area contributed by atoms with Crippen LogP contribution in [0, 0.1) is 11.6 Å². The number of halogens is 2. The van der Waals surface area contributed by atoms with Crippen molar-refractivity contribution in [1.29, 1.82) is 0 Å². The fraction of sp³-hybridized carbons (Fsp3) is 0.500. The Labute approximate surface area is 94.3 Å². The first-order chi connectivity index (χ1) is 7.65. The number of likely N-dealkylation sites (tertiary alicyclic amines) is 1. The minimum Gasteiger partial charge on any atom is -0.380 e. The van der Waals surface area contributed by atoms with E-state index < -0.39 is 5.82 Å². The Kier molecular flexibility index (Phi) is 3.39. The third-order valence-corrected chi connectivity index (χ3v) is 3.01. The third-order valence-electron chi connectivity index (χ3n) is 3.01. The van der Waals surface area contributed by atoms with Gasteiger partial charge in [-0.25, -0.2) is 8.78 Å². The Morgan fingerprint density at radius 3 is 2.62 bits per heavy atom. The van der Waals surface area contributed by atoms with Gasteiger partial charge in [0, 0.05) is 6.04 Å². The zero-order valence-corrected chi connectivity index (χ0v) is 9.34. The van der Waals surface area contributed by atoms with Gasteiger partial charge in [-0.3, -0.25) is 0 Å². The molecule has 1 heterocycles. The van der Waals surface area contributed by atoms with Crippen molar-refractivity contribution in [3.8, 4) is 0 Å². The molecular weight excluding hydrogens is 210 g/mol. The Bertz CT molecular complexity index is 360. The first kappa shape index (κ1) is 11.3. The molecule has 0 bridgehead atoms. The highest BCUT2D eigenvalue weighted by Gasteiger charge is 2.17. The number of nitrogens with one attached hydrogen (secondary N) is 1.